The largest absolute Gasteiger partial charge is 0.486 e. The van der Waals surface area contributed by atoms with Crippen LogP contribution in [0.1, 0.15) is 19.3 Å². The Balaban J connectivity index is 1.26. The minimum Gasteiger partial charge on any atom is -0.486 e. The minimum absolute atomic E-state index is 0.0121. The van der Waals surface area contributed by atoms with Crippen molar-refractivity contribution in [3.63, 3.8) is 0 Å². The van der Waals surface area contributed by atoms with Crippen LogP contribution in [-0.2, 0) is 4.79 Å². The lowest BCUT2D eigenvalue weighted by atomic mass is 10.2. The first kappa shape index (κ1) is 18.5. The summed E-state index contributed by atoms with van der Waals surface area (Å²) in [5, 5.41) is 6.89. The van der Waals surface area contributed by atoms with Crippen molar-refractivity contribution in [3.05, 3.63) is 53.6 Å². The van der Waals surface area contributed by atoms with E-state index in [0.29, 0.717) is 18.1 Å². The average Bonchev–Trinajstić information content (AvgIpc) is 2.66. The van der Waals surface area contributed by atoms with Crippen molar-refractivity contribution in [2.45, 2.75) is 25.4 Å². The molecule has 3 rings (SSSR count). The van der Waals surface area contributed by atoms with Crippen LogP contribution in [0.2, 0.25) is 5.02 Å². The standard InChI is InChI=1S/C20H23ClN2O3/c21-15-8-10-16(11-9-15)23-20(24)7-3-4-12-22-13-17-14-25-18-5-1-2-6-19(18)26-17/h1-2,5-6,8-11,17,22H,3-4,7,12-14H2,(H,23,24). The van der Waals surface area contributed by atoms with E-state index in [-0.39, 0.29) is 12.0 Å². The lowest BCUT2D eigenvalue weighted by Crippen LogP contribution is -2.38. The summed E-state index contributed by atoms with van der Waals surface area (Å²) in [7, 11) is 0. The van der Waals surface area contributed by atoms with Gasteiger partial charge in [-0.15, -0.1) is 0 Å². The van der Waals surface area contributed by atoms with Crippen LogP contribution in [0.15, 0.2) is 48.5 Å². The van der Waals surface area contributed by atoms with Gasteiger partial charge in [-0.2, -0.15) is 0 Å². The summed E-state index contributed by atoms with van der Waals surface area (Å²) in [6.45, 7) is 2.12. The highest BCUT2D eigenvalue weighted by atomic mass is 35.5. The maximum absolute atomic E-state index is 11.9. The maximum atomic E-state index is 11.9. The number of benzene rings is 2. The molecule has 0 saturated heterocycles. The Morgan fingerprint density at radius 3 is 2.65 bits per heavy atom. The van der Waals surface area contributed by atoms with Crippen molar-refractivity contribution in [1.29, 1.82) is 0 Å². The van der Waals surface area contributed by atoms with E-state index in [2.05, 4.69) is 10.6 Å². The first-order chi connectivity index (χ1) is 12.7. The molecule has 0 spiro atoms. The van der Waals surface area contributed by atoms with Gasteiger partial charge >= 0.3 is 0 Å². The second-order valence-corrected chi connectivity index (χ2v) is 6.65. The number of anilines is 1. The Morgan fingerprint density at radius 1 is 1.08 bits per heavy atom. The summed E-state index contributed by atoms with van der Waals surface area (Å²) in [5.74, 6) is 1.62. The molecular formula is C20H23ClN2O3. The van der Waals surface area contributed by atoms with Crippen LogP contribution < -0.4 is 20.1 Å². The van der Waals surface area contributed by atoms with E-state index in [0.717, 1.165) is 43.1 Å². The SMILES string of the molecule is O=C(CCCCNCC1COc2ccccc2O1)Nc1ccc(Cl)cc1. The van der Waals surface area contributed by atoms with E-state index >= 15 is 0 Å². The maximum Gasteiger partial charge on any atom is 0.224 e. The Hall–Kier alpha value is -2.24. The second-order valence-electron chi connectivity index (χ2n) is 6.21. The van der Waals surface area contributed by atoms with E-state index in [1.807, 2.05) is 24.3 Å². The zero-order chi connectivity index (χ0) is 18.2. The number of para-hydroxylation sites is 2. The summed E-state index contributed by atoms with van der Waals surface area (Å²) in [6.07, 6.45) is 2.27. The third-order valence-electron chi connectivity index (χ3n) is 4.07. The minimum atomic E-state index is 0.0121. The first-order valence-corrected chi connectivity index (χ1v) is 9.23. The number of hydrogen-bond acceptors (Lipinski definition) is 4. The lowest BCUT2D eigenvalue weighted by Gasteiger charge is -2.26. The fourth-order valence-electron chi connectivity index (χ4n) is 2.72. The zero-order valence-electron chi connectivity index (χ0n) is 14.5. The number of fused-ring (bicyclic) bond motifs is 1. The van der Waals surface area contributed by atoms with Gasteiger partial charge in [-0.25, -0.2) is 0 Å². The highest BCUT2D eigenvalue weighted by molar-refractivity contribution is 6.30. The molecule has 0 aromatic heterocycles. The van der Waals surface area contributed by atoms with Crippen molar-refractivity contribution in [1.82, 2.24) is 5.32 Å². The van der Waals surface area contributed by atoms with Crippen LogP contribution in [0.5, 0.6) is 11.5 Å². The number of unbranched alkanes of at least 4 members (excludes halogenated alkanes) is 1. The molecular weight excluding hydrogens is 352 g/mol. The number of nitrogens with one attached hydrogen (secondary N) is 2. The normalized spacial score (nSPS) is 15.5. The molecule has 1 aliphatic rings. The zero-order valence-corrected chi connectivity index (χ0v) is 15.3. The van der Waals surface area contributed by atoms with Crippen LogP contribution in [0, 0.1) is 0 Å². The molecule has 0 aliphatic carbocycles. The van der Waals surface area contributed by atoms with E-state index in [1.54, 1.807) is 24.3 Å². The molecule has 0 radical (unpaired) electrons. The van der Waals surface area contributed by atoms with Crippen molar-refractivity contribution < 1.29 is 14.3 Å². The molecule has 1 aliphatic heterocycles. The van der Waals surface area contributed by atoms with Crippen LogP contribution in [0.3, 0.4) is 0 Å². The number of rotatable bonds is 8. The Morgan fingerprint density at radius 2 is 1.85 bits per heavy atom. The number of carbonyl (C=O) groups excluding carboxylic acids is 1. The summed E-state index contributed by atoms with van der Waals surface area (Å²) in [6, 6.07) is 14.8. The van der Waals surface area contributed by atoms with Gasteiger partial charge in [0.25, 0.3) is 0 Å². The fraction of sp³-hybridized carbons (Fsp3) is 0.350. The van der Waals surface area contributed by atoms with Gasteiger partial charge in [-0.1, -0.05) is 23.7 Å². The number of halogens is 1. The van der Waals surface area contributed by atoms with E-state index in [4.69, 9.17) is 21.1 Å². The van der Waals surface area contributed by atoms with Crippen molar-refractivity contribution in [3.8, 4) is 11.5 Å². The molecule has 26 heavy (non-hydrogen) atoms. The van der Waals surface area contributed by atoms with Crippen LogP contribution in [-0.4, -0.2) is 31.7 Å². The molecule has 6 heteroatoms. The van der Waals surface area contributed by atoms with Crippen molar-refractivity contribution in [2.24, 2.45) is 0 Å². The molecule has 5 nitrogen and oxygen atoms in total. The number of carbonyl (C=O) groups is 1. The molecule has 0 bridgehead atoms. The predicted octanol–water partition coefficient (Wildman–Crippen LogP) is 3.88. The van der Waals surface area contributed by atoms with Gasteiger partial charge in [-0.05, 0) is 55.8 Å². The average molecular weight is 375 g/mol. The Labute approximate surface area is 158 Å². The van der Waals surface area contributed by atoms with Crippen LogP contribution in [0.25, 0.3) is 0 Å². The van der Waals surface area contributed by atoms with Gasteiger partial charge < -0.3 is 20.1 Å². The summed E-state index contributed by atoms with van der Waals surface area (Å²) in [5.41, 5.74) is 0.771. The topological polar surface area (TPSA) is 59.6 Å². The fourth-order valence-corrected chi connectivity index (χ4v) is 2.84. The van der Waals surface area contributed by atoms with E-state index in [9.17, 15) is 4.79 Å². The molecule has 1 atom stereocenters. The molecule has 2 aromatic rings. The molecule has 1 heterocycles. The smallest absolute Gasteiger partial charge is 0.224 e. The molecule has 2 N–H and O–H groups in total. The van der Waals surface area contributed by atoms with Crippen LogP contribution in [0.4, 0.5) is 5.69 Å². The number of amides is 1. The molecule has 1 unspecified atom stereocenters. The van der Waals surface area contributed by atoms with E-state index in [1.165, 1.54) is 0 Å². The van der Waals surface area contributed by atoms with Gasteiger partial charge in [0.15, 0.2) is 11.5 Å². The van der Waals surface area contributed by atoms with Gasteiger partial charge in [0.05, 0.1) is 0 Å². The second kappa shape index (κ2) is 9.46. The van der Waals surface area contributed by atoms with Gasteiger partial charge in [0, 0.05) is 23.7 Å². The summed E-state index contributed by atoms with van der Waals surface area (Å²) in [4.78, 5) is 11.9. The molecule has 1 amide bonds. The first-order valence-electron chi connectivity index (χ1n) is 8.85. The number of hydrogen-bond donors (Lipinski definition) is 2. The van der Waals surface area contributed by atoms with Gasteiger partial charge in [0.1, 0.15) is 12.7 Å². The highest BCUT2D eigenvalue weighted by Gasteiger charge is 2.19. The summed E-state index contributed by atoms with van der Waals surface area (Å²) < 4.78 is 11.6. The van der Waals surface area contributed by atoms with Crippen molar-refractivity contribution in [2.75, 3.05) is 25.0 Å². The third kappa shape index (κ3) is 5.64. The molecule has 2 aromatic carbocycles. The Bertz CT molecular complexity index is 721. The molecule has 0 fully saturated rings. The van der Waals surface area contributed by atoms with Gasteiger partial charge in [-0.3, -0.25) is 4.79 Å². The summed E-state index contributed by atoms with van der Waals surface area (Å²) >= 11 is 5.82. The highest BCUT2D eigenvalue weighted by Crippen LogP contribution is 2.30. The predicted molar refractivity (Wildman–Crippen MR) is 103 cm³/mol. The third-order valence-corrected chi connectivity index (χ3v) is 4.33. The van der Waals surface area contributed by atoms with Gasteiger partial charge in [0.2, 0.25) is 5.91 Å². The lowest BCUT2D eigenvalue weighted by molar-refractivity contribution is -0.116. The van der Waals surface area contributed by atoms with Crippen molar-refractivity contribution >= 4 is 23.2 Å². The Kier molecular flexibility index (Phi) is 6.75. The van der Waals surface area contributed by atoms with E-state index < -0.39 is 0 Å². The molecule has 138 valence electrons. The van der Waals surface area contributed by atoms with Crippen LogP contribution >= 0.6 is 11.6 Å². The number of ether oxygens (including phenoxy) is 2. The molecule has 0 saturated carbocycles. The quantitative estimate of drug-likeness (QED) is 0.688. The monoisotopic (exact) mass is 374 g/mol.